The normalized spacial score (nSPS) is 18.0. The fraction of sp³-hybridized carbons (Fsp3) is 0.467. The number of nitrogens with one attached hydrogen (secondary N) is 1. The first kappa shape index (κ1) is 19.5. The minimum atomic E-state index is -3.53. The van der Waals surface area contributed by atoms with Crippen molar-refractivity contribution < 1.29 is 17.7 Å². The summed E-state index contributed by atoms with van der Waals surface area (Å²) in [7, 11) is -3.53. The van der Waals surface area contributed by atoms with Crippen LogP contribution < -0.4 is 20.6 Å². The molecule has 3 rings (SSSR count). The summed E-state index contributed by atoms with van der Waals surface area (Å²) in [6, 6.07) is 6.89. The van der Waals surface area contributed by atoms with Crippen LogP contribution in [0.25, 0.3) is 0 Å². The van der Waals surface area contributed by atoms with Crippen LogP contribution in [-0.4, -0.2) is 37.9 Å². The Hall–Kier alpha value is -1.84. The minimum absolute atomic E-state index is 0. The lowest BCUT2D eigenvalue weighted by molar-refractivity contribution is -0.771. The van der Waals surface area contributed by atoms with E-state index in [0.717, 1.165) is 5.56 Å². The first-order chi connectivity index (χ1) is 11.2. The van der Waals surface area contributed by atoms with Crippen molar-refractivity contribution in [1.82, 2.24) is 9.58 Å². The summed E-state index contributed by atoms with van der Waals surface area (Å²) in [4.78, 5) is 1.78. The van der Waals surface area contributed by atoms with Gasteiger partial charge in [0, 0.05) is 25.2 Å². The summed E-state index contributed by atoms with van der Waals surface area (Å²) in [6.07, 6.45) is 1.46. The third-order valence-corrected chi connectivity index (χ3v) is 6.04. The van der Waals surface area contributed by atoms with Crippen molar-refractivity contribution in [2.24, 2.45) is 0 Å². The number of benzene rings is 1. The van der Waals surface area contributed by atoms with Gasteiger partial charge in [0.2, 0.25) is 10.0 Å². The van der Waals surface area contributed by atoms with E-state index >= 15 is 0 Å². The first-order valence-corrected chi connectivity index (χ1v) is 9.09. The van der Waals surface area contributed by atoms with E-state index in [-0.39, 0.29) is 18.0 Å². The molecule has 1 fully saturated rings. The van der Waals surface area contributed by atoms with Gasteiger partial charge in [-0.2, -0.15) is 4.31 Å². The molecule has 0 unspecified atom stereocenters. The minimum Gasteiger partial charge on any atom is -0.380 e. The van der Waals surface area contributed by atoms with Crippen LogP contribution in [0.1, 0.15) is 19.4 Å². The molecule has 1 saturated heterocycles. The van der Waals surface area contributed by atoms with Gasteiger partial charge < -0.3 is 4.52 Å². The Morgan fingerprint density at radius 1 is 1.24 bits per heavy atom. The number of sulfonamides is 1. The second-order valence-electron chi connectivity index (χ2n) is 6.57. The molecule has 0 amide bonds. The van der Waals surface area contributed by atoms with Crippen LogP contribution in [0.15, 0.2) is 39.9 Å². The number of nitrogens with zero attached hydrogens (tertiary/aromatic N) is 4. The number of aryl methyl sites for hydroxylation is 1. The predicted molar refractivity (Wildman–Crippen MR) is 92.4 cm³/mol. The third kappa shape index (κ3) is 3.73. The molecule has 1 N–H and O–H groups in total. The molecule has 0 spiro atoms. The molecule has 8 nitrogen and oxygen atoms in total. The second kappa shape index (κ2) is 6.81. The lowest BCUT2D eigenvalue weighted by atomic mass is 10.0. The standard InChI is InChI=1S/C15H21N5O3S.ClH/c1-12-4-6-13(7-5-12)24(21,22)18-8-9-19(15(2,3)11-18)20-10-14(16)23-17-20;/h4-7,10,16H,8-9,11H2,1-3H3;1H. The Bertz CT molecular complexity index is 888. The molecule has 25 heavy (non-hydrogen) atoms. The number of rotatable bonds is 3. The van der Waals surface area contributed by atoms with E-state index in [1.54, 1.807) is 24.3 Å². The molecule has 0 saturated carbocycles. The monoisotopic (exact) mass is 387 g/mol. The van der Waals surface area contributed by atoms with Crippen LogP contribution in [0.4, 0.5) is 0 Å². The molecule has 0 bridgehead atoms. The number of hydrogen-bond donors (Lipinski definition) is 1. The van der Waals surface area contributed by atoms with Crippen LogP contribution >= 0.6 is 12.4 Å². The molecule has 138 valence electrons. The predicted octanol–water partition coefficient (Wildman–Crippen LogP) is 0.155. The van der Waals surface area contributed by atoms with Gasteiger partial charge in [0.05, 0.1) is 4.90 Å². The molecule has 0 atom stereocenters. The molecule has 0 radical (unpaired) electrons. The Morgan fingerprint density at radius 3 is 2.40 bits per heavy atom. The van der Waals surface area contributed by atoms with Gasteiger partial charge in [-0.05, 0) is 24.3 Å². The SMILES string of the molecule is Cc1ccc(S(=O)(=O)N2CCN([n+]3cc(=N)o[n-]3)C(C)(C)C2)cc1.Cl. The zero-order chi connectivity index (χ0) is 17.5. The average molecular weight is 388 g/mol. The van der Waals surface area contributed by atoms with Crippen molar-refractivity contribution in [2.75, 3.05) is 24.6 Å². The summed E-state index contributed by atoms with van der Waals surface area (Å²) >= 11 is 0. The Labute approximate surface area is 152 Å². The zero-order valence-electron chi connectivity index (χ0n) is 14.3. The maximum absolute atomic E-state index is 12.9. The number of aromatic nitrogens is 2. The average Bonchev–Trinajstić information content (AvgIpc) is 2.92. The van der Waals surface area contributed by atoms with Gasteiger partial charge in [0.25, 0.3) is 11.8 Å². The lowest BCUT2D eigenvalue weighted by Crippen LogP contribution is -2.75. The van der Waals surface area contributed by atoms with E-state index in [2.05, 4.69) is 5.27 Å². The van der Waals surface area contributed by atoms with Gasteiger partial charge in [0.1, 0.15) is 0 Å². The van der Waals surface area contributed by atoms with E-state index in [1.165, 1.54) is 15.3 Å². The van der Waals surface area contributed by atoms with Crippen molar-refractivity contribution in [3.05, 3.63) is 41.6 Å². The third-order valence-electron chi connectivity index (χ3n) is 4.18. The van der Waals surface area contributed by atoms with Crippen molar-refractivity contribution >= 4 is 22.4 Å². The molecule has 1 aliphatic rings. The molecule has 1 aromatic carbocycles. The van der Waals surface area contributed by atoms with Crippen LogP contribution in [0.3, 0.4) is 0 Å². The Kier molecular flexibility index (Phi) is 5.31. The summed E-state index contributed by atoms with van der Waals surface area (Å²) in [5, 5.41) is 13.2. The topological polar surface area (TPSA) is 95.6 Å². The summed E-state index contributed by atoms with van der Waals surface area (Å²) in [5.41, 5.74) is 0.484. The van der Waals surface area contributed by atoms with Crippen LogP contribution in [-0.2, 0) is 10.0 Å². The van der Waals surface area contributed by atoms with Crippen molar-refractivity contribution in [3.8, 4) is 0 Å². The highest BCUT2D eigenvalue weighted by Gasteiger charge is 2.39. The zero-order valence-corrected chi connectivity index (χ0v) is 16.0. The van der Waals surface area contributed by atoms with E-state index in [9.17, 15) is 8.42 Å². The number of piperazine rings is 1. The van der Waals surface area contributed by atoms with Gasteiger partial charge >= 0.3 is 0 Å². The van der Waals surface area contributed by atoms with E-state index in [1.807, 2.05) is 25.8 Å². The summed E-state index contributed by atoms with van der Waals surface area (Å²) < 4.78 is 32.0. The van der Waals surface area contributed by atoms with E-state index < -0.39 is 15.6 Å². The summed E-state index contributed by atoms with van der Waals surface area (Å²) in [5.74, 6) is 0. The van der Waals surface area contributed by atoms with Gasteiger partial charge in [0.15, 0.2) is 0 Å². The van der Waals surface area contributed by atoms with Crippen molar-refractivity contribution in [3.63, 3.8) is 0 Å². The highest BCUT2D eigenvalue weighted by atomic mass is 35.5. The fourth-order valence-electron chi connectivity index (χ4n) is 2.90. The first-order valence-electron chi connectivity index (χ1n) is 7.65. The van der Waals surface area contributed by atoms with Crippen molar-refractivity contribution in [1.29, 1.82) is 5.41 Å². The van der Waals surface area contributed by atoms with Gasteiger partial charge in [-0.3, -0.25) is 10.4 Å². The molecular formula is C15H22ClN5O3S. The van der Waals surface area contributed by atoms with Crippen LogP contribution in [0.5, 0.6) is 0 Å². The van der Waals surface area contributed by atoms with Gasteiger partial charge in [-0.25, -0.2) is 8.42 Å². The molecule has 1 aliphatic heterocycles. The van der Waals surface area contributed by atoms with Crippen LogP contribution in [0, 0.1) is 12.3 Å². The summed E-state index contributed by atoms with van der Waals surface area (Å²) in [6.45, 7) is 6.91. The van der Waals surface area contributed by atoms with Gasteiger partial charge in [-0.1, -0.05) is 36.3 Å². The molecule has 2 heterocycles. The molecule has 2 aromatic rings. The number of hydrogen-bond acceptors (Lipinski definition) is 5. The van der Waals surface area contributed by atoms with Crippen molar-refractivity contribution in [2.45, 2.75) is 31.2 Å². The van der Waals surface area contributed by atoms with Crippen LogP contribution in [0.2, 0.25) is 0 Å². The fourth-order valence-corrected chi connectivity index (χ4v) is 4.48. The van der Waals surface area contributed by atoms with Gasteiger partial charge in [-0.15, -0.1) is 12.4 Å². The maximum atomic E-state index is 12.9. The highest BCUT2D eigenvalue weighted by molar-refractivity contribution is 7.89. The van der Waals surface area contributed by atoms with E-state index in [4.69, 9.17) is 9.93 Å². The maximum Gasteiger partial charge on any atom is 0.286 e. The molecular weight excluding hydrogens is 366 g/mol. The highest BCUT2D eigenvalue weighted by Crippen LogP contribution is 2.23. The molecule has 1 aromatic heterocycles. The number of halogens is 1. The molecule has 10 heteroatoms. The molecule has 0 aliphatic carbocycles. The smallest absolute Gasteiger partial charge is 0.286 e. The Morgan fingerprint density at radius 2 is 1.88 bits per heavy atom. The Balaban J connectivity index is 0.00000225. The van der Waals surface area contributed by atoms with E-state index in [0.29, 0.717) is 24.5 Å². The quantitative estimate of drug-likeness (QED) is 0.756. The lowest BCUT2D eigenvalue weighted by Gasteiger charge is -2.46. The second-order valence-corrected chi connectivity index (χ2v) is 8.51. The largest absolute Gasteiger partial charge is 0.380 e.